The zero-order valence-corrected chi connectivity index (χ0v) is 20.9. The molecule has 1 fully saturated rings. The summed E-state index contributed by atoms with van der Waals surface area (Å²) in [6.07, 6.45) is 0.748. The maximum absolute atomic E-state index is 12.2. The maximum Gasteiger partial charge on any atom is 0.319 e. The highest BCUT2D eigenvalue weighted by Crippen LogP contribution is 2.31. The number of aromatic nitrogens is 2. The van der Waals surface area contributed by atoms with E-state index in [-0.39, 0.29) is 37.7 Å². The van der Waals surface area contributed by atoms with Crippen LogP contribution in [0.5, 0.6) is 0 Å². The molecule has 2 aromatic rings. The van der Waals surface area contributed by atoms with Gasteiger partial charge in [0.2, 0.25) is 5.91 Å². The Labute approximate surface area is 211 Å². The van der Waals surface area contributed by atoms with E-state index in [9.17, 15) is 9.59 Å². The number of nitrogens with zero attached hydrogens (tertiary/aromatic N) is 4. The van der Waals surface area contributed by atoms with E-state index in [1.54, 1.807) is 0 Å². The van der Waals surface area contributed by atoms with Crippen LogP contribution >= 0.6 is 0 Å². The lowest BCUT2D eigenvalue weighted by molar-refractivity contribution is -0.122. The van der Waals surface area contributed by atoms with Crippen molar-refractivity contribution < 1.29 is 19.4 Å². The van der Waals surface area contributed by atoms with E-state index in [0.717, 1.165) is 42.1 Å². The third-order valence-corrected chi connectivity index (χ3v) is 6.30. The molecule has 3 heterocycles. The van der Waals surface area contributed by atoms with Gasteiger partial charge in [-0.2, -0.15) is 0 Å². The van der Waals surface area contributed by atoms with Gasteiger partial charge < -0.3 is 30.7 Å². The van der Waals surface area contributed by atoms with Gasteiger partial charge >= 0.3 is 6.03 Å². The summed E-state index contributed by atoms with van der Waals surface area (Å²) in [6.45, 7) is 8.30. The molecule has 194 valence electrons. The number of carbonyl (C=O) groups is 2. The first-order chi connectivity index (χ1) is 17.5. The van der Waals surface area contributed by atoms with Crippen LogP contribution in [0.1, 0.15) is 25.1 Å². The minimum Gasteiger partial charge on any atom is -0.395 e. The summed E-state index contributed by atoms with van der Waals surface area (Å²) < 4.78 is 5.65. The highest BCUT2D eigenvalue weighted by atomic mass is 16.5. The monoisotopic (exact) mass is 497 g/mol. The number of hydrogen-bond donors (Lipinski definition) is 4. The number of nitrogens with one attached hydrogen (secondary N) is 3. The SMILES string of the molecule is CCNC(=O)Nc1ccc(-c2nc3c(c(N4CCOC[C@@H]4C)n2)CCN(CC(=O)NCCO)C3)cc1. The molecule has 0 radical (unpaired) electrons. The van der Waals surface area contributed by atoms with Crippen LogP contribution in [-0.2, 0) is 22.5 Å². The number of aliphatic hydroxyl groups is 1. The van der Waals surface area contributed by atoms with Crippen molar-refractivity contribution in [3.8, 4) is 11.4 Å². The lowest BCUT2D eigenvalue weighted by atomic mass is 10.0. The van der Waals surface area contributed by atoms with Gasteiger partial charge in [0.1, 0.15) is 5.82 Å². The second kappa shape index (κ2) is 12.1. The molecule has 3 amide bonds. The zero-order valence-electron chi connectivity index (χ0n) is 20.9. The molecule has 1 saturated heterocycles. The third kappa shape index (κ3) is 6.28. The van der Waals surface area contributed by atoms with Crippen LogP contribution in [-0.4, -0.2) is 90.5 Å². The summed E-state index contributed by atoms with van der Waals surface area (Å²) in [6, 6.07) is 7.42. The fraction of sp³-hybridized carbons (Fsp3) is 0.520. The van der Waals surface area contributed by atoms with Gasteiger partial charge in [-0.3, -0.25) is 9.69 Å². The van der Waals surface area contributed by atoms with Crippen LogP contribution in [0.4, 0.5) is 16.3 Å². The van der Waals surface area contributed by atoms with Crippen LogP contribution in [0.3, 0.4) is 0 Å². The number of hydrogen-bond acceptors (Lipinski definition) is 8. The molecule has 4 rings (SSSR count). The summed E-state index contributed by atoms with van der Waals surface area (Å²) in [5, 5.41) is 17.2. The number of amides is 3. The Morgan fingerprint density at radius 3 is 2.69 bits per heavy atom. The maximum atomic E-state index is 12.2. The molecule has 36 heavy (non-hydrogen) atoms. The first kappa shape index (κ1) is 25.8. The summed E-state index contributed by atoms with van der Waals surface area (Å²) in [7, 11) is 0. The molecule has 11 heteroatoms. The lowest BCUT2D eigenvalue weighted by Gasteiger charge is -2.37. The quantitative estimate of drug-likeness (QED) is 0.424. The van der Waals surface area contributed by atoms with Crippen LogP contribution in [0.15, 0.2) is 24.3 Å². The minimum atomic E-state index is -0.248. The number of benzene rings is 1. The molecule has 1 aromatic carbocycles. The van der Waals surface area contributed by atoms with Crippen molar-refractivity contribution in [3.63, 3.8) is 0 Å². The predicted molar refractivity (Wildman–Crippen MR) is 137 cm³/mol. The number of urea groups is 1. The molecule has 2 aliphatic heterocycles. The number of morpholine rings is 1. The van der Waals surface area contributed by atoms with Crippen molar-refractivity contribution in [1.29, 1.82) is 0 Å². The number of fused-ring (bicyclic) bond motifs is 1. The van der Waals surface area contributed by atoms with E-state index < -0.39 is 0 Å². The third-order valence-electron chi connectivity index (χ3n) is 6.30. The van der Waals surface area contributed by atoms with Gasteiger partial charge in [0.05, 0.1) is 38.1 Å². The second-order valence-electron chi connectivity index (χ2n) is 9.01. The molecule has 4 N–H and O–H groups in total. The Bertz CT molecular complexity index is 1060. The number of anilines is 2. The first-order valence-electron chi connectivity index (χ1n) is 12.5. The fourth-order valence-corrected chi connectivity index (χ4v) is 4.50. The highest BCUT2D eigenvalue weighted by Gasteiger charge is 2.29. The van der Waals surface area contributed by atoms with E-state index in [1.165, 1.54) is 0 Å². The molecule has 2 aliphatic rings. The van der Waals surface area contributed by atoms with Crippen molar-refractivity contribution in [2.75, 3.05) is 62.8 Å². The van der Waals surface area contributed by atoms with Crippen molar-refractivity contribution in [3.05, 3.63) is 35.5 Å². The number of rotatable bonds is 8. The van der Waals surface area contributed by atoms with Crippen LogP contribution in [0.2, 0.25) is 0 Å². The molecule has 0 spiro atoms. The number of aliphatic hydroxyl groups excluding tert-OH is 1. The summed E-state index contributed by atoms with van der Waals surface area (Å²) >= 11 is 0. The van der Waals surface area contributed by atoms with Crippen molar-refractivity contribution >= 4 is 23.4 Å². The van der Waals surface area contributed by atoms with Gasteiger partial charge in [-0.05, 0) is 44.5 Å². The zero-order chi connectivity index (χ0) is 25.5. The molecule has 0 bridgehead atoms. The average molecular weight is 498 g/mol. The number of ether oxygens (including phenoxy) is 1. The second-order valence-corrected chi connectivity index (χ2v) is 9.01. The minimum absolute atomic E-state index is 0.0795. The van der Waals surface area contributed by atoms with Gasteiger partial charge in [0.15, 0.2) is 5.82 Å². The summed E-state index contributed by atoms with van der Waals surface area (Å²) in [4.78, 5) is 38.4. The molecular weight excluding hydrogens is 462 g/mol. The summed E-state index contributed by atoms with van der Waals surface area (Å²) in [5.41, 5.74) is 3.57. The lowest BCUT2D eigenvalue weighted by Crippen LogP contribution is -2.46. The Morgan fingerprint density at radius 2 is 1.97 bits per heavy atom. The van der Waals surface area contributed by atoms with Crippen LogP contribution < -0.4 is 20.9 Å². The molecule has 0 unspecified atom stereocenters. The van der Waals surface area contributed by atoms with Crippen molar-refractivity contribution in [2.24, 2.45) is 0 Å². The Morgan fingerprint density at radius 1 is 1.17 bits per heavy atom. The smallest absolute Gasteiger partial charge is 0.319 e. The predicted octanol–water partition coefficient (Wildman–Crippen LogP) is 0.977. The largest absolute Gasteiger partial charge is 0.395 e. The van der Waals surface area contributed by atoms with Crippen molar-refractivity contribution in [1.82, 2.24) is 25.5 Å². The van der Waals surface area contributed by atoms with Crippen molar-refractivity contribution in [2.45, 2.75) is 32.9 Å². The summed E-state index contributed by atoms with van der Waals surface area (Å²) in [5.74, 6) is 1.43. The Hall–Kier alpha value is -3.28. The fourth-order valence-electron chi connectivity index (χ4n) is 4.50. The Balaban J connectivity index is 1.62. The van der Waals surface area contributed by atoms with Crippen LogP contribution in [0, 0.1) is 0 Å². The first-order valence-corrected chi connectivity index (χ1v) is 12.5. The Kier molecular flexibility index (Phi) is 8.68. The molecule has 0 saturated carbocycles. The molecule has 1 atom stereocenters. The van der Waals surface area contributed by atoms with E-state index in [1.807, 2.05) is 31.2 Å². The normalized spacial score (nSPS) is 17.9. The van der Waals surface area contributed by atoms with Gasteiger partial charge in [-0.25, -0.2) is 14.8 Å². The van der Waals surface area contributed by atoms with Gasteiger partial charge in [0, 0.05) is 49.5 Å². The topological polar surface area (TPSA) is 132 Å². The van der Waals surface area contributed by atoms with E-state index >= 15 is 0 Å². The van der Waals surface area contributed by atoms with E-state index in [2.05, 4.69) is 32.7 Å². The van der Waals surface area contributed by atoms with Gasteiger partial charge in [-0.1, -0.05) is 0 Å². The molecule has 0 aliphatic carbocycles. The van der Waals surface area contributed by atoms with E-state index in [4.69, 9.17) is 19.8 Å². The molecule has 1 aromatic heterocycles. The highest BCUT2D eigenvalue weighted by molar-refractivity contribution is 5.89. The van der Waals surface area contributed by atoms with Gasteiger partial charge in [0.25, 0.3) is 0 Å². The van der Waals surface area contributed by atoms with E-state index in [0.29, 0.717) is 37.8 Å². The average Bonchev–Trinajstić information content (AvgIpc) is 2.87. The number of carbonyl (C=O) groups excluding carboxylic acids is 2. The standard InChI is InChI=1S/C25H35N7O4/c1-3-26-25(35)28-19-6-4-18(5-7-19)23-29-21-14-31(15-22(34)27-9-12-33)10-8-20(21)24(30-23)32-11-13-36-16-17(32)2/h4-7,17,33H,3,8-16H2,1-2H3,(H,27,34)(H2,26,28,35)/t17-/m0/s1. The van der Waals surface area contributed by atoms with Crippen LogP contribution in [0.25, 0.3) is 11.4 Å². The molecule has 11 nitrogen and oxygen atoms in total. The molecular formula is C25H35N7O4. The van der Waals surface area contributed by atoms with Gasteiger partial charge in [-0.15, -0.1) is 0 Å².